The maximum atomic E-state index is 6.17. The van der Waals surface area contributed by atoms with E-state index in [9.17, 15) is 0 Å². The predicted molar refractivity (Wildman–Crippen MR) is 82.2 cm³/mol. The van der Waals surface area contributed by atoms with Crippen molar-refractivity contribution in [2.45, 2.75) is 37.3 Å². The van der Waals surface area contributed by atoms with Crippen LogP contribution in [-0.2, 0) is 0 Å². The first kappa shape index (κ1) is 13.7. The topological polar surface area (TPSA) is 50.5 Å². The third kappa shape index (κ3) is 2.38. The molecule has 2 fully saturated rings. The Labute approximate surface area is 121 Å². The molecule has 1 aromatic rings. The Balaban J connectivity index is 1.82. The van der Waals surface area contributed by atoms with E-state index in [1.54, 1.807) is 7.11 Å². The van der Waals surface area contributed by atoms with Crippen LogP contribution >= 0.6 is 0 Å². The Morgan fingerprint density at radius 2 is 2.30 bits per heavy atom. The summed E-state index contributed by atoms with van der Waals surface area (Å²) in [7, 11) is 1.70. The summed E-state index contributed by atoms with van der Waals surface area (Å²) >= 11 is 0. The quantitative estimate of drug-likeness (QED) is 0.883. The molecule has 0 aromatic heterocycles. The van der Waals surface area contributed by atoms with Crippen LogP contribution in [0.5, 0.6) is 5.75 Å². The Hall–Kier alpha value is -1.26. The van der Waals surface area contributed by atoms with Crippen molar-refractivity contribution in [1.29, 1.82) is 0 Å². The minimum absolute atomic E-state index is 0.0206. The predicted octanol–water partition coefficient (Wildman–Crippen LogP) is 2.06. The molecule has 0 radical (unpaired) electrons. The number of ether oxygens (including phenoxy) is 1. The van der Waals surface area contributed by atoms with Gasteiger partial charge in [0.25, 0.3) is 0 Å². The molecule has 0 bridgehead atoms. The number of nitrogens with zero attached hydrogens (tertiary/aromatic N) is 1. The maximum absolute atomic E-state index is 6.17. The summed E-state index contributed by atoms with van der Waals surface area (Å²) in [5.74, 6) is 0.890. The first-order valence-corrected chi connectivity index (χ1v) is 7.64. The Morgan fingerprint density at radius 3 is 3.10 bits per heavy atom. The van der Waals surface area contributed by atoms with E-state index >= 15 is 0 Å². The minimum Gasteiger partial charge on any atom is -0.497 e. The molecular formula is C16H25N3O. The van der Waals surface area contributed by atoms with Crippen molar-refractivity contribution in [1.82, 2.24) is 4.90 Å². The number of fused-ring (bicyclic) bond motifs is 1. The second kappa shape index (κ2) is 5.62. The fourth-order valence-electron chi connectivity index (χ4n) is 3.82. The van der Waals surface area contributed by atoms with Gasteiger partial charge < -0.3 is 15.8 Å². The van der Waals surface area contributed by atoms with Gasteiger partial charge in [-0.05, 0) is 37.9 Å². The molecule has 0 amide bonds. The number of piperidine rings is 1. The van der Waals surface area contributed by atoms with E-state index in [1.165, 1.54) is 32.4 Å². The number of methoxy groups -OCH3 is 1. The second-order valence-corrected chi connectivity index (χ2v) is 6.01. The van der Waals surface area contributed by atoms with Gasteiger partial charge in [0, 0.05) is 30.9 Å². The van der Waals surface area contributed by atoms with Gasteiger partial charge in [0.05, 0.1) is 12.6 Å². The van der Waals surface area contributed by atoms with Crippen LogP contribution in [0.1, 0.15) is 25.7 Å². The van der Waals surface area contributed by atoms with Crippen LogP contribution in [0.4, 0.5) is 5.69 Å². The fourth-order valence-corrected chi connectivity index (χ4v) is 3.82. The summed E-state index contributed by atoms with van der Waals surface area (Å²) in [4.78, 5) is 2.61. The van der Waals surface area contributed by atoms with E-state index < -0.39 is 0 Å². The molecule has 2 unspecified atom stereocenters. The molecule has 2 atom stereocenters. The van der Waals surface area contributed by atoms with Gasteiger partial charge in [-0.25, -0.2) is 0 Å². The lowest BCUT2D eigenvalue weighted by atomic mass is 9.85. The Bertz CT molecular complexity index is 465. The van der Waals surface area contributed by atoms with E-state index in [0.717, 1.165) is 17.9 Å². The van der Waals surface area contributed by atoms with E-state index in [0.29, 0.717) is 12.6 Å². The highest BCUT2D eigenvalue weighted by molar-refractivity contribution is 5.51. The molecule has 1 aromatic carbocycles. The van der Waals surface area contributed by atoms with Gasteiger partial charge in [-0.15, -0.1) is 0 Å². The summed E-state index contributed by atoms with van der Waals surface area (Å²) in [5.41, 5.74) is 7.31. The molecule has 2 saturated heterocycles. The average Bonchev–Trinajstić information content (AvgIpc) is 2.87. The molecule has 20 heavy (non-hydrogen) atoms. The van der Waals surface area contributed by atoms with Gasteiger partial charge in [-0.3, -0.25) is 4.90 Å². The number of nitrogens with two attached hydrogens (primary N) is 1. The van der Waals surface area contributed by atoms with E-state index in [1.807, 2.05) is 12.1 Å². The van der Waals surface area contributed by atoms with E-state index in [4.69, 9.17) is 10.5 Å². The largest absolute Gasteiger partial charge is 0.497 e. The van der Waals surface area contributed by atoms with Crippen molar-refractivity contribution < 1.29 is 4.74 Å². The van der Waals surface area contributed by atoms with Gasteiger partial charge in [0.15, 0.2) is 0 Å². The summed E-state index contributed by atoms with van der Waals surface area (Å²) in [6.45, 7) is 3.08. The molecule has 0 spiro atoms. The lowest BCUT2D eigenvalue weighted by Gasteiger charge is -2.41. The molecule has 4 heteroatoms. The minimum atomic E-state index is 0.0206. The summed E-state index contributed by atoms with van der Waals surface area (Å²) in [6.07, 6.45) is 5.04. The molecule has 0 aliphatic carbocycles. The fraction of sp³-hybridized carbons (Fsp3) is 0.625. The number of hydrogen-bond acceptors (Lipinski definition) is 4. The van der Waals surface area contributed by atoms with Crippen molar-refractivity contribution in [3.8, 4) is 5.75 Å². The zero-order chi connectivity index (χ0) is 14.0. The molecular weight excluding hydrogens is 250 g/mol. The van der Waals surface area contributed by atoms with Crippen LogP contribution < -0.4 is 15.8 Å². The maximum Gasteiger partial charge on any atom is 0.120 e. The third-order valence-electron chi connectivity index (χ3n) is 4.92. The number of nitrogens with one attached hydrogen (secondary N) is 1. The molecule has 3 N–H and O–H groups in total. The van der Waals surface area contributed by atoms with Crippen LogP contribution in [0.2, 0.25) is 0 Å². The smallest absolute Gasteiger partial charge is 0.120 e. The Morgan fingerprint density at radius 1 is 1.40 bits per heavy atom. The van der Waals surface area contributed by atoms with Crippen molar-refractivity contribution in [2.24, 2.45) is 5.73 Å². The van der Waals surface area contributed by atoms with Gasteiger partial charge >= 0.3 is 0 Å². The number of rotatable bonds is 4. The van der Waals surface area contributed by atoms with Gasteiger partial charge in [0.2, 0.25) is 0 Å². The van der Waals surface area contributed by atoms with Gasteiger partial charge in [-0.2, -0.15) is 0 Å². The molecule has 3 rings (SSSR count). The van der Waals surface area contributed by atoms with Crippen LogP contribution in [0.3, 0.4) is 0 Å². The van der Waals surface area contributed by atoms with Gasteiger partial charge in [-0.1, -0.05) is 12.5 Å². The Kier molecular flexibility index (Phi) is 3.85. The standard InChI is InChI=1S/C16H25N3O/c1-20-14-6-4-5-13(11-14)18-16(12-17)8-10-19-9-3-2-7-15(16)19/h4-6,11,15,18H,2-3,7-10,12,17H2,1H3. The molecule has 0 saturated carbocycles. The second-order valence-electron chi connectivity index (χ2n) is 6.01. The summed E-state index contributed by atoms with van der Waals surface area (Å²) in [6, 6.07) is 8.74. The number of benzene rings is 1. The lowest BCUT2D eigenvalue weighted by Crippen LogP contribution is -2.56. The SMILES string of the molecule is COc1cccc(NC2(CN)CCN3CCCCC32)c1. The van der Waals surface area contributed by atoms with E-state index in [-0.39, 0.29) is 5.54 Å². The van der Waals surface area contributed by atoms with Crippen LogP contribution in [0.25, 0.3) is 0 Å². The number of anilines is 1. The van der Waals surface area contributed by atoms with Crippen molar-refractivity contribution >= 4 is 5.69 Å². The highest BCUT2D eigenvalue weighted by atomic mass is 16.5. The zero-order valence-electron chi connectivity index (χ0n) is 12.3. The molecule has 2 aliphatic heterocycles. The third-order valence-corrected chi connectivity index (χ3v) is 4.92. The van der Waals surface area contributed by atoms with Gasteiger partial charge in [0.1, 0.15) is 5.75 Å². The first-order valence-electron chi connectivity index (χ1n) is 7.64. The molecule has 110 valence electrons. The number of hydrogen-bond donors (Lipinski definition) is 2. The highest BCUT2D eigenvalue weighted by Crippen LogP contribution is 2.37. The zero-order valence-corrected chi connectivity index (χ0v) is 12.3. The normalized spacial score (nSPS) is 30.0. The monoisotopic (exact) mass is 275 g/mol. The molecule has 2 heterocycles. The highest BCUT2D eigenvalue weighted by Gasteiger charge is 2.47. The van der Waals surface area contributed by atoms with Crippen molar-refractivity contribution in [3.05, 3.63) is 24.3 Å². The van der Waals surface area contributed by atoms with Crippen LogP contribution in [-0.4, -0.2) is 43.2 Å². The summed E-state index contributed by atoms with van der Waals surface area (Å²) < 4.78 is 5.31. The average molecular weight is 275 g/mol. The lowest BCUT2D eigenvalue weighted by molar-refractivity contribution is 0.167. The molecule has 2 aliphatic rings. The van der Waals surface area contributed by atoms with Crippen molar-refractivity contribution in [2.75, 3.05) is 32.1 Å². The first-order chi connectivity index (χ1) is 9.77. The molecule has 4 nitrogen and oxygen atoms in total. The van der Waals surface area contributed by atoms with Crippen LogP contribution in [0.15, 0.2) is 24.3 Å². The van der Waals surface area contributed by atoms with E-state index in [2.05, 4.69) is 22.3 Å². The van der Waals surface area contributed by atoms with Crippen LogP contribution in [0, 0.1) is 0 Å². The summed E-state index contributed by atoms with van der Waals surface area (Å²) in [5, 5.41) is 3.73. The van der Waals surface area contributed by atoms with Crippen molar-refractivity contribution in [3.63, 3.8) is 0 Å².